The van der Waals surface area contributed by atoms with Crippen molar-refractivity contribution in [2.75, 3.05) is 20.3 Å². The van der Waals surface area contributed by atoms with Crippen LogP contribution in [0.4, 0.5) is 0 Å². The zero-order valence-corrected chi connectivity index (χ0v) is 13.7. The number of methoxy groups -OCH3 is 1. The van der Waals surface area contributed by atoms with Gasteiger partial charge in [-0.05, 0) is 40.2 Å². The Morgan fingerprint density at radius 3 is 2.25 bits per heavy atom. The Hall–Kier alpha value is -0.900. The lowest BCUT2D eigenvalue weighted by Gasteiger charge is -2.28. The average Bonchev–Trinajstić information content (AvgIpc) is 2.35. The van der Waals surface area contributed by atoms with Gasteiger partial charge in [0.25, 0.3) is 0 Å². The fourth-order valence-electron chi connectivity index (χ4n) is 1.98. The highest BCUT2D eigenvalue weighted by molar-refractivity contribution is 5.23. The normalized spacial score (nSPS) is 15.1. The summed E-state index contributed by atoms with van der Waals surface area (Å²) in [5.41, 5.74) is 2.55. The van der Waals surface area contributed by atoms with E-state index >= 15 is 0 Å². The van der Waals surface area contributed by atoms with Gasteiger partial charge in [-0.3, -0.25) is 0 Å². The van der Waals surface area contributed by atoms with Gasteiger partial charge in [0.15, 0.2) is 0 Å². The third-order valence-electron chi connectivity index (χ3n) is 3.06. The summed E-state index contributed by atoms with van der Waals surface area (Å²) in [7, 11) is 1.70. The van der Waals surface area contributed by atoms with Gasteiger partial charge in [0.2, 0.25) is 0 Å². The highest BCUT2D eigenvalue weighted by Crippen LogP contribution is 2.20. The van der Waals surface area contributed by atoms with Crippen molar-refractivity contribution in [2.24, 2.45) is 0 Å². The van der Waals surface area contributed by atoms with Crippen LogP contribution in [0.15, 0.2) is 24.3 Å². The molecule has 0 heterocycles. The van der Waals surface area contributed by atoms with Crippen LogP contribution in [0.5, 0.6) is 0 Å². The van der Waals surface area contributed by atoms with Crippen molar-refractivity contribution < 1.29 is 9.47 Å². The van der Waals surface area contributed by atoms with Crippen molar-refractivity contribution in [3.63, 3.8) is 0 Å². The summed E-state index contributed by atoms with van der Waals surface area (Å²) in [6.07, 6.45) is 0.119. The van der Waals surface area contributed by atoms with Crippen LogP contribution in [0.25, 0.3) is 0 Å². The van der Waals surface area contributed by atoms with Gasteiger partial charge >= 0.3 is 0 Å². The molecule has 0 aromatic heterocycles. The predicted octanol–water partition coefficient (Wildman–Crippen LogP) is 3.48. The quantitative estimate of drug-likeness (QED) is 0.829. The summed E-state index contributed by atoms with van der Waals surface area (Å²) < 4.78 is 11.3. The summed E-state index contributed by atoms with van der Waals surface area (Å²) >= 11 is 0. The van der Waals surface area contributed by atoms with Gasteiger partial charge in [-0.1, -0.05) is 29.8 Å². The lowest BCUT2D eigenvalue weighted by Crippen LogP contribution is -2.39. The van der Waals surface area contributed by atoms with Crippen LogP contribution in [0.3, 0.4) is 0 Å². The minimum atomic E-state index is 0.0416. The molecular weight excluding hydrogens is 250 g/mol. The zero-order valence-electron chi connectivity index (χ0n) is 13.7. The van der Waals surface area contributed by atoms with Gasteiger partial charge in [0.05, 0.1) is 18.8 Å². The molecule has 0 spiro atoms. The van der Waals surface area contributed by atoms with Crippen LogP contribution < -0.4 is 5.32 Å². The van der Waals surface area contributed by atoms with Crippen LogP contribution in [-0.2, 0) is 9.47 Å². The fourth-order valence-corrected chi connectivity index (χ4v) is 1.98. The third-order valence-corrected chi connectivity index (χ3v) is 3.06. The smallest absolute Gasteiger partial charge is 0.0954 e. The predicted molar refractivity (Wildman–Crippen MR) is 84.1 cm³/mol. The number of rotatable bonds is 7. The number of hydrogen-bond acceptors (Lipinski definition) is 3. The fraction of sp³-hybridized carbons (Fsp3) is 0.647. The van der Waals surface area contributed by atoms with E-state index in [-0.39, 0.29) is 17.7 Å². The van der Waals surface area contributed by atoms with E-state index in [1.165, 1.54) is 11.1 Å². The van der Waals surface area contributed by atoms with Gasteiger partial charge < -0.3 is 14.8 Å². The standard InChI is InChI=1S/C17H29NO2/c1-13-7-9-15(10-8-13)16(11-18-17(3,4)5)20-14(2)12-19-6/h7-10,14,16,18H,11-12H2,1-6H3. The zero-order chi connectivity index (χ0) is 15.2. The molecule has 2 atom stereocenters. The first-order valence-corrected chi connectivity index (χ1v) is 7.28. The lowest BCUT2D eigenvalue weighted by atomic mass is 10.0. The number of ether oxygens (including phenoxy) is 2. The summed E-state index contributed by atoms with van der Waals surface area (Å²) in [5, 5.41) is 3.52. The molecule has 0 saturated heterocycles. The average molecular weight is 279 g/mol. The summed E-state index contributed by atoms with van der Waals surface area (Å²) in [4.78, 5) is 0. The second kappa shape index (κ2) is 7.77. The molecule has 2 unspecified atom stereocenters. The first-order chi connectivity index (χ1) is 9.31. The first-order valence-electron chi connectivity index (χ1n) is 7.28. The Kier molecular flexibility index (Phi) is 6.66. The Bertz CT molecular complexity index is 381. The number of aryl methyl sites for hydroxylation is 1. The molecular formula is C17H29NO2. The van der Waals surface area contributed by atoms with Crippen molar-refractivity contribution in [3.05, 3.63) is 35.4 Å². The monoisotopic (exact) mass is 279 g/mol. The maximum atomic E-state index is 6.12. The largest absolute Gasteiger partial charge is 0.382 e. The van der Waals surface area contributed by atoms with E-state index in [4.69, 9.17) is 9.47 Å². The molecule has 0 aliphatic carbocycles. The van der Waals surface area contributed by atoms with Crippen molar-refractivity contribution >= 4 is 0 Å². The Labute approximate surface area is 123 Å². The highest BCUT2D eigenvalue weighted by atomic mass is 16.5. The van der Waals surface area contributed by atoms with E-state index < -0.39 is 0 Å². The highest BCUT2D eigenvalue weighted by Gasteiger charge is 2.18. The van der Waals surface area contributed by atoms with E-state index in [1.807, 2.05) is 6.92 Å². The van der Waals surface area contributed by atoms with Gasteiger partial charge in [0.1, 0.15) is 0 Å². The van der Waals surface area contributed by atoms with Crippen LogP contribution in [0, 0.1) is 6.92 Å². The van der Waals surface area contributed by atoms with Crippen LogP contribution in [0.1, 0.15) is 44.9 Å². The molecule has 0 amide bonds. The van der Waals surface area contributed by atoms with Crippen LogP contribution >= 0.6 is 0 Å². The van der Waals surface area contributed by atoms with Gasteiger partial charge in [-0.15, -0.1) is 0 Å². The molecule has 0 fully saturated rings. The minimum absolute atomic E-state index is 0.0416. The number of hydrogen-bond donors (Lipinski definition) is 1. The molecule has 3 heteroatoms. The first kappa shape index (κ1) is 17.2. The molecule has 1 aromatic carbocycles. The van der Waals surface area contributed by atoms with E-state index in [0.717, 1.165) is 6.54 Å². The lowest BCUT2D eigenvalue weighted by molar-refractivity contribution is -0.0411. The molecule has 1 N–H and O–H groups in total. The molecule has 0 bridgehead atoms. The van der Waals surface area contributed by atoms with Gasteiger partial charge in [-0.2, -0.15) is 0 Å². The summed E-state index contributed by atoms with van der Waals surface area (Å²) in [5.74, 6) is 0. The van der Waals surface area contributed by atoms with E-state index in [1.54, 1.807) is 7.11 Å². The van der Waals surface area contributed by atoms with Crippen LogP contribution in [0.2, 0.25) is 0 Å². The molecule has 0 aliphatic heterocycles. The van der Waals surface area contributed by atoms with Crippen molar-refractivity contribution in [3.8, 4) is 0 Å². The SMILES string of the molecule is COCC(C)OC(CNC(C)(C)C)c1ccc(C)cc1. The molecule has 3 nitrogen and oxygen atoms in total. The van der Waals surface area contributed by atoms with E-state index in [0.29, 0.717) is 6.61 Å². The van der Waals surface area contributed by atoms with E-state index in [9.17, 15) is 0 Å². The Balaban J connectivity index is 2.75. The molecule has 0 saturated carbocycles. The number of nitrogens with one attached hydrogen (secondary N) is 1. The maximum absolute atomic E-state index is 6.12. The minimum Gasteiger partial charge on any atom is -0.382 e. The van der Waals surface area contributed by atoms with E-state index in [2.05, 4.69) is 57.3 Å². The molecule has 20 heavy (non-hydrogen) atoms. The maximum Gasteiger partial charge on any atom is 0.0954 e. The molecule has 1 rings (SSSR count). The third kappa shape index (κ3) is 6.51. The Morgan fingerprint density at radius 1 is 1.15 bits per heavy atom. The second-order valence-corrected chi connectivity index (χ2v) is 6.43. The molecule has 0 aliphatic rings. The molecule has 114 valence electrons. The second-order valence-electron chi connectivity index (χ2n) is 6.43. The van der Waals surface area contributed by atoms with Crippen LogP contribution in [-0.4, -0.2) is 31.9 Å². The topological polar surface area (TPSA) is 30.5 Å². The summed E-state index contributed by atoms with van der Waals surface area (Å²) in [6, 6.07) is 8.54. The molecule has 1 aromatic rings. The van der Waals surface area contributed by atoms with Crippen molar-refractivity contribution in [1.29, 1.82) is 0 Å². The van der Waals surface area contributed by atoms with Gasteiger partial charge in [-0.25, -0.2) is 0 Å². The van der Waals surface area contributed by atoms with Gasteiger partial charge in [0, 0.05) is 19.2 Å². The summed E-state index contributed by atoms with van der Waals surface area (Å²) in [6.45, 7) is 12.0. The number of benzene rings is 1. The Morgan fingerprint density at radius 2 is 1.75 bits per heavy atom. The van der Waals surface area contributed by atoms with Crippen molar-refractivity contribution in [2.45, 2.75) is 52.4 Å². The van der Waals surface area contributed by atoms with Crippen molar-refractivity contribution in [1.82, 2.24) is 5.32 Å². The molecule has 0 radical (unpaired) electrons.